The highest BCUT2D eigenvalue weighted by Crippen LogP contribution is 2.41. The van der Waals surface area contributed by atoms with E-state index in [1.165, 1.54) is 0 Å². The van der Waals surface area contributed by atoms with Gasteiger partial charge in [-0.2, -0.15) is 0 Å². The standard InChI is InChI=1S/C33H53N5O4/c1-22(34)30(35)32(42)37-19-11-16-28(37)23(2)38-20-12-18-33(38,25(4)40)17-10-6-9-15-27(26-13-7-5-8-14-26)21-29(41)31(36)24(3)39/h5,7-8,13-14,22,24,27-28,30-31,39H,2,6,9-12,15-21,34-36H2,1,3-4H3. The highest BCUT2D eigenvalue weighted by Gasteiger charge is 2.47. The first kappa shape index (κ1) is 33.9. The minimum absolute atomic E-state index is 0.0292. The fourth-order valence-corrected chi connectivity index (χ4v) is 6.82. The van der Waals surface area contributed by atoms with Crippen molar-refractivity contribution in [2.45, 2.75) is 127 Å². The monoisotopic (exact) mass is 583 g/mol. The number of aliphatic hydroxyl groups excluding tert-OH is 1. The lowest BCUT2D eigenvalue weighted by atomic mass is 9.83. The summed E-state index contributed by atoms with van der Waals surface area (Å²) >= 11 is 0. The predicted molar refractivity (Wildman–Crippen MR) is 166 cm³/mol. The first-order chi connectivity index (χ1) is 19.9. The number of amides is 1. The Hall–Kier alpha value is -2.59. The van der Waals surface area contributed by atoms with Crippen LogP contribution in [-0.2, 0) is 14.4 Å². The number of ketones is 2. The third-order valence-corrected chi connectivity index (χ3v) is 9.52. The van der Waals surface area contributed by atoms with Gasteiger partial charge in [-0.15, -0.1) is 0 Å². The number of carbonyl (C=O) groups excluding carboxylic acids is 3. The highest BCUT2D eigenvalue weighted by atomic mass is 16.3. The molecule has 9 nitrogen and oxygen atoms in total. The van der Waals surface area contributed by atoms with E-state index in [2.05, 4.69) is 11.5 Å². The molecule has 2 saturated heterocycles. The van der Waals surface area contributed by atoms with Crippen molar-refractivity contribution in [3.63, 3.8) is 0 Å². The van der Waals surface area contributed by atoms with Crippen molar-refractivity contribution in [2.75, 3.05) is 13.1 Å². The second kappa shape index (κ2) is 15.2. The van der Waals surface area contributed by atoms with Gasteiger partial charge in [0.15, 0.2) is 11.6 Å². The number of unbranched alkanes of at least 4 members (excludes halogenated alkanes) is 2. The van der Waals surface area contributed by atoms with E-state index < -0.39 is 29.8 Å². The summed E-state index contributed by atoms with van der Waals surface area (Å²) in [6.45, 7) is 10.8. The molecule has 234 valence electrons. The Balaban J connectivity index is 1.63. The van der Waals surface area contributed by atoms with Gasteiger partial charge in [-0.1, -0.05) is 56.2 Å². The minimum Gasteiger partial charge on any atom is -0.391 e. The number of nitrogens with zero attached hydrogens (tertiary/aromatic N) is 2. The van der Waals surface area contributed by atoms with Gasteiger partial charge >= 0.3 is 0 Å². The Morgan fingerprint density at radius 3 is 2.33 bits per heavy atom. The number of nitrogens with two attached hydrogens (primary N) is 3. The molecule has 7 N–H and O–H groups in total. The van der Waals surface area contributed by atoms with Gasteiger partial charge < -0.3 is 32.1 Å². The number of rotatable bonds is 16. The van der Waals surface area contributed by atoms with Crippen LogP contribution in [0.25, 0.3) is 0 Å². The number of benzene rings is 1. The predicted octanol–water partition coefficient (Wildman–Crippen LogP) is 2.99. The molecule has 42 heavy (non-hydrogen) atoms. The average Bonchev–Trinajstić information content (AvgIpc) is 3.63. The molecule has 1 aromatic carbocycles. The molecule has 9 heteroatoms. The topological polar surface area (TPSA) is 156 Å². The molecule has 0 radical (unpaired) electrons. The highest BCUT2D eigenvalue weighted by molar-refractivity contribution is 5.87. The molecule has 1 aromatic rings. The van der Waals surface area contributed by atoms with Gasteiger partial charge in [-0.25, -0.2) is 0 Å². The second-order valence-electron chi connectivity index (χ2n) is 12.6. The van der Waals surface area contributed by atoms with Crippen LogP contribution in [0.2, 0.25) is 0 Å². The summed E-state index contributed by atoms with van der Waals surface area (Å²) in [4.78, 5) is 43.1. The number of likely N-dealkylation sites (tertiary alicyclic amines) is 2. The Kier molecular flexibility index (Phi) is 12.3. The largest absolute Gasteiger partial charge is 0.391 e. The van der Waals surface area contributed by atoms with Crippen molar-refractivity contribution in [1.82, 2.24) is 9.80 Å². The van der Waals surface area contributed by atoms with Crippen molar-refractivity contribution in [3.8, 4) is 0 Å². The summed E-state index contributed by atoms with van der Waals surface area (Å²) in [6, 6.07) is 7.74. The van der Waals surface area contributed by atoms with Gasteiger partial charge in [-0.3, -0.25) is 14.4 Å². The second-order valence-corrected chi connectivity index (χ2v) is 12.6. The summed E-state index contributed by atoms with van der Waals surface area (Å²) in [5, 5.41) is 9.80. The van der Waals surface area contributed by atoms with E-state index >= 15 is 0 Å². The van der Waals surface area contributed by atoms with Crippen LogP contribution in [0.5, 0.6) is 0 Å². The van der Waals surface area contributed by atoms with Crippen molar-refractivity contribution in [2.24, 2.45) is 17.2 Å². The molecule has 1 amide bonds. The summed E-state index contributed by atoms with van der Waals surface area (Å²) in [5.41, 5.74) is 19.3. The van der Waals surface area contributed by atoms with Gasteiger partial charge in [0.1, 0.15) is 0 Å². The fraction of sp³-hybridized carbons (Fsp3) is 0.667. The smallest absolute Gasteiger partial charge is 0.241 e. The SMILES string of the molecule is C=C(C1CCCN1C(=O)C(N)C(C)N)N1CCCC1(CCCCCC(CC(=O)C(N)C(C)O)c1ccccc1)C(C)=O. The zero-order valence-corrected chi connectivity index (χ0v) is 25.8. The first-order valence-corrected chi connectivity index (χ1v) is 15.7. The third-order valence-electron chi connectivity index (χ3n) is 9.52. The molecule has 2 aliphatic heterocycles. The van der Waals surface area contributed by atoms with E-state index in [0.29, 0.717) is 13.0 Å². The number of Topliss-reactive ketones (excluding diaryl/α,β-unsaturated/α-hetero) is 2. The lowest BCUT2D eigenvalue weighted by molar-refractivity contribution is -0.133. The molecule has 0 spiro atoms. The zero-order chi connectivity index (χ0) is 31.0. The number of hydrogen-bond donors (Lipinski definition) is 4. The van der Waals surface area contributed by atoms with Crippen LogP contribution in [0.15, 0.2) is 42.6 Å². The van der Waals surface area contributed by atoms with Gasteiger partial charge in [0.05, 0.1) is 29.8 Å². The molecule has 0 aromatic heterocycles. The van der Waals surface area contributed by atoms with E-state index in [1.54, 1.807) is 20.8 Å². The molecule has 2 fully saturated rings. The minimum atomic E-state index is -0.881. The fourth-order valence-electron chi connectivity index (χ4n) is 6.82. The molecule has 2 aliphatic rings. The van der Waals surface area contributed by atoms with Crippen molar-refractivity contribution >= 4 is 17.5 Å². The lowest BCUT2D eigenvalue weighted by Gasteiger charge is -2.43. The van der Waals surface area contributed by atoms with E-state index in [4.69, 9.17) is 17.2 Å². The molecule has 2 heterocycles. The maximum absolute atomic E-state index is 13.2. The third kappa shape index (κ3) is 7.86. The van der Waals surface area contributed by atoms with Crippen molar-refractivity contribution in [1.29, 1.82) is 0 Å². The zero-order valence-electron chi connectivity index (χ0n) is 25.8. The van der Waals surface area contributed by atoms with Gasteiger partial charge in [0.25, 0.3) is 0 Å². The molecule has 0 aliphatic carbocycles. The normalized spacial score (nSPS) is 24.2. The summed E-state index contributed by atoms with van der Waals surface area (Å²) < 4.78 is 0. The van der Waals surface area contributed by atoms with Crippen molar-refractivity contribution < 1.29 is 19.5 Å². The Labute approximate surface area is 251 Å². The van der Waals surface area contributed by atoms with Gasteiger partial charge in [0, 0.05) is 31.2 Å². The molecule has 0 saturated carbocycles. The van der Waals surface area contributed by atoms with E-state index in [0.717, 1.165) is 75.6 Å². The Morgan fingerprint density at radius 2 is 1.71 bits per heavy atom. The molecule has 3 rings (SSSR count). The average molecular weight is 584 g/mol. The summed E-state index contributed by atoms with van der Waals surface area (Å²) in [7, 11) is 0. The maximum atomic E-state index is 13.2. The molecule has 7 atom stereocenters. The van der Waals surface area contributed by atoms with Gasteiger partial charge in [-0.05, 0) is 70.8 Å². The van der Waals surface area contributed by atoms with E-state index in [-0.39, 0.29) is 29.4 Å². The van der Waals surface area contributed by atoms with Crippen molar-refractivity contribution in [3.05, 3.63) is 48.2 Å². The van der Waals surface area contributed by atoms with Crippen LogP contribution in [0.1, 0.15) is 96.5 Å². The Morgan fingerprint density at radius 1 is 1.02 bits per heavy atom. The first-order valence-electron chi connectivity index (χ1n) is 15.7. The van der Waals surface area contributed by atoms with Crippen LogP contribution < -0.4 is 17.2 Å². The Bertz CT molecular complexity index is 1080. The van der Waals surface area contributed by atoms with Gasteiger partial charge in [0.2, 0.25) is 5.91 Å². The molecule has 0 bridgehead atoms. The number of aliphatic hydroxyl groups is 1. The van der Waals surface area contributed by atoms with E-state index in [9.17, 15) is 19.5 Å². The molecule has 7 unspecified atom stereocenters. The van der Waals surface area contributed by atoms with Crippen LogP contribution >= 0.6 is 0 Å². The lowest BCUT2D eigenvalue weighted by Crippen LogP contribution is -2.56. The van der Waals surface area contributed by atoms with Crippen LogP contribution in [0, 0.1) is 0 Å². The van der Waals surface area contributed by atoms with E-state index in [1.807, 2.05) is 35.2 Å². The number of carbonyl (C=O) groups is 3. The number of hydrogen-bond acceptors (Lipinski definition) is 8. The van der Waals surface area contributed by atoms with Crippen LogP contribution in [0.3, 0.4) is 0 Å². The van der Waals surface area contributed by atoms with Crippen LogP contribution in [-0.4, -0.2) is 81.3 Å². The molecular weight excluding hydrogens is 530 g/mol. The molecular formula is C33H53N5O4. The quantitative estimate of drug-likeness (QED) is 0.216. The maximum Gasteiger partial charge on any atom is 0.241 e. The summed E-state index contributed by atoms with van der Waals surface area (Å²) in [6.07, 6.45) is 7.02. The van der Waals surface area contributed by atoms with Crippen LogP contribution in [0.4, 0.5) is 0 Å². The summed E-state index contributed by atoms with van der Waals surface area (Å²) in [5.74, 6) is -0.108.